The number of rotatable bonds is 5. The van der Waals surface area contributed by atoms with Crippen LogP contribution in [0.1, 0.15) is 30.4 Å². The lowest BCUT2D eigenvalue weighted by atomic mass is 9.99. The van der Waals surface area contributed by atoms with Crippen molar-refractivity contribution in [3.63, 3.8) is 0 Å². The molecule has 1 heterocycles. The summed E-state index contributed by atoms with van der Waals surface area (Å²) in [7, 11) is 1.71. The van der Waals surface area contributed by atoms with E-state index < -0.39 is 11.7 Å². The van der Waals surface area contributed by atoms with Crippen molar-refractivity contribution in [2.24, 2.45) is 5.92 Å². The van der Waals surface area contributed by atoms with Crippen LogP contribution in [0.25, 0.3) is 0 Å². The Kier molecular flexibility index (Phi) is 6.10. The van der Waals surface area contributed by atoms with Crippen LogP contribution in [0.3, 0.4) is 0 Å². The number of carbonyl (C=O) groups excluding carboxylic acids is 1. The molecule has 0 unspecified atom stereocenters. The first-order valence-electron chi connectivity index (χ1n) is 8.01. The van der Waals surface area contributed by atoms with E-state index in [1.165, 1.54) is 6.07 Å². The van der Waals surface area contributed by atoms with Crippen molar-refractivity contribution in [2.45, 2.75) is 25.4 Å². The van der Waals surface area contributed by atoms with Crippen molar-refractivity contribution in [1.82, 2.24) is 10.2 Å². The van der Waals surface area contributed by atoms with E-state index in [1.807, 2.05) is 0 Å². The summed E-state index contributed by atoms with van der Waals surface area (Å²) in [6.07, 6.45) is -3.42. The molecule has 1 aliphatic heterocycles. The third-order valence-corrected chi connectivity index (χ3v) is 4.25. The summed E-state index contributed by atoms with van der Waals surface area (Å²) < 4.78 is 43.6. The molecule has 1 saturated heterocycles. The molecule has 0 radical (unpaired) electrons. The van der Waals surface area contributed by atoms with Crippen LogP contribution in [0.4, 0.5) is 18.0 Å². The average Bonchev–Trinajstić information content (AvgIpc) is 3.04. The molecule has 1 aliphatic rings. The van der Waals surface area contributed by atoms with Crippen molar-refractivity contribution in [3.8, 4) is 0 Å². The van der Waals surface area contributed by atoms with E-state index in [2.05, 4.69) is 5.32 Å². The molecule has 0 spiro atoms. The second-order valence-electron chi connectivity index (χ2n) is 6.32. The van der Waals surface area contributed by atoms with E-state index in [1.54, 1.807) is 24.9 Å². The van der Waals surface area contributed by atoms with Crippen LogP contribution in [0, 0.1) is 5.92 Å². The van der Waals surface area contributed by atoms with Gasteiger partial charge in [0, 0.05) is 32.7 Å². The van der Waals surface area contributed by atoms with Crippen molar-refractivity contribution in [1.29, 1.82) is 0 Å². The minimum absolute atomic E-state index is 0.209. The fourth-order valence-electron chi connectivity index (χ4n) is 2.71. The Bertz CT molecular complexity index is 557. The SMILES string of the molecule is C[C@H](CNC(=O)N(C)C[C@H]1CCOC1)c1cccc(C(F)(F)F)c1. The van der Waals surface area contributed by atoms with E-state index in [-0.39, 0.29) is 18.5 Å². The van der Waals surface area contributed by atoms with Crippen LogP contribution < -0.4 is 5.32 Å². The number of amides is 2. The van der Waals surface area contributed by atoms with E-state index >= 15 is 0 Å². The van der Waals surface area contributed by atoms with Crippen LogP contribution in [-0.2, 0) is 10.9 Å². The van der Waals surface area contributed by atoms with Gasteiger partial charge in [-0.1, -0.05) is 25.1 Å². The van der Waals surface area contributed by atoms with E-state index in [9.17, 15) is 18.0 Å². The first kappa shape index (κ1) is 18.6. The monoisotopic (exact) mass is 344 g/mol. The van der Waals surface area contributed by atoms with Gasteiger partial charge in [0.1, 0.15) is 0 Å². The molecule has 1 N–H and O–H groups in total. The lowest BCUT2D eigenvalue weighted by molar-refractivity contribution is -0.137. The number of urea groups is 1. The summed E-state index contributed by atoms with van der Waals surface area (Å²) in [6.45, 7) is 4.08. The zero-order chi connectivity index (χ0) is 17.7. The molecular formula is C17H23F3N2O2. The maximum absolute atomic E-state index is 12.8. The number of nitrogens with zero attached hydrogens (tertiary/aromatic N) is 1. The fraction of sp³-hybridized carbons (Fsp3) is 0.588. The van der Waals surface area contributed by atoms with Gasteiger partial charge in [0.15, 0.2) is 0 Å². The molecule has 0 aliphatic carbocycles. The highest BCUT2D eigenvalue weighted by Gasteiger charge is 2.30. The van der Waals surface area contributed by atoms with E-state index in [4.69, 9.17) is 4.74 Å². The minimum atomic E-state index is -4.36. The van der Waals surface area contributed by atoms with Crippen molar-refractivity contribution < 1.29 is 22.7 Å². The maximum atomic E-state index is 12.8. The number of benzene rings is 1. The van der Waals surface area contributed by atoms with Gasteiger partial charge in [0.25, 0.3) is 0 Å². The normalized spacial score (nSPS) is 19.1. The molecular weight excluding hydrogens is 321 g/mol. The van der Waals surface area contributed by atoms with Gasteiger partial charge >= 0.3 is 12.2 Å². The lowest BCUT2D eigenvalue weighted by Crippen LogP contribution is -2.41. The van der Waals surface area contributed by atoms with Crippen LogP contribution in [0.5, 0.6) is 0 Å². The number of halogens is 3. The molecule has 2 amide bonds. The molecule has 1 aromatic carbocycles. The van der Waals surface area contributed by atoms with Crippen molar-refractivity contribution in [3.05, 3.63) is 35.4 Å². The number of hydrogen-bond donors (Lipinski definition) is 1. The van der Waals surface area contributed by atoms with E-state index in [0.29, 0.717) is 24.6 Å². The average molecular weight is 344 g/mol. The highest BCUT2D eigenvalue weighted by Crippen LogP contribution is 2.31. The van der Waals surface area contributed by atoms with Crippen LogP contribution >= 0.6 is 0 Å². The lowest BCUT2D eigenvalue weighted by Gasteiger charge is -2.22. The van der Waals surface area contributed by atoms with Crippen LogP contribution in [0.15, 0.2) is 24.3 Å². The van der Waals surface area contributed by atoms with Gasteiger partial charge in [-0.25, -0.2) is 4.79 Å². The Morgan fingerprint density at radius 3 is 2.83 bits per heavy atom. The Hall–Kier alpha value is -1.76. The van der Waals surface area contributed by atoms with Gasteiger partial charge in [0.05, 0.1) is 12.2 Å². The zero-order valence-electron chi connectivity index (χ0n) is 13.9. The third-order valence-electron chi connectivity index (χ3n) is 4.25. The summed E-state index contributed by atoms with van der Waals surface area (Å²) in [5, 5.41) is 2.78. The molecule has 134 valence electrons. The summed E-state index contributed by atoms with van der Waals surface area (Å²) in [6, 6.07) is 5.00. The molecule has 2 atom stereocenters. The molecule has 7 heteroatoms. The number of alkyl halides is 3. The van der Waals surface area contributed by atoms with Gasteiger partial charge in [-0.2, -0.15) is 13.2 Å². The Morgan fingerprint density at radius 2 is 2.21 bits per heavy atom. The van der Waals surface area contributed by atoms with Gasteiger partial charge in [-0.3, -0.25) is 0 Å². The first-order chi connectivity index (χ1) is 11.3. The van der Waals surface area contributed by atoms with Crippen LogP contribution in [0.2, 0.25) is 0 Å². The highest BCUT2D eigenvalue weighted by molar-refractivity contribution is 5.73. The molecule has 4 nitrogen and oxygen atoms in total. The summed E-state index contributed by atoms with van der Waals surface area (Å²) in [4.78, 5) is 13.7. The fourth-order valence-corrected chi connectivity index (χ4v) is 2.71. The van der Waals surface area contributed by atoms with Crippen molar-refractivity contribution in [2.75, 3.05) is 33.4 Å². The standard InChI is InChI=1S/C17H23F3N2O2/c1-12(14-4-3-5-15(8-14)17(18,19)20)9-21-16(23)22(2)10-13-6-7-24-11-13/h3-5,8,12-13H,6-7,9-11H2,1-2H3,(H,21,23)/t12-,13-/m1/s1. The number of ether oxygens (including phenoxy) is 1. The van der Waals surface area contributed by atoms with Gasteiger partial charge < -0.3 is 15.0 Å². The Labute approximate surface area is 140 Å². The van der Waals surface area contributed by atoms with Gasteiger partial charge in [-0.05, 0) is 24.0 Å². The summed E-state index contributed by atoms with van der Waals surface area (Å²) >= 11 is 0. The summed E-state index contributed by atoms with van der Waals surface area (Å²) in [5.74, 6) is 0.140. The number of carbonyl (C=O) groups is 1. The number of hydrogen-bond acceptors (Lipinski definition) is 2. The molecule has 0 saturated carbocycles. The second-order valence-corrected chi connectivity index (χ2v) is 6.32. The number of nitrogens with one attached hydrogen (secondary N) is 1. The smallest absolute Gasteiger partial charge is 0.381 e. The molecule has 2 rings (SSSR count). The van der Waals surface area contributed by atoms with Crippen LogP contribution in [-0.4, -0.2) is 44.3 Å². The maximum Gasteiger partial charge on any atom is 0.416 e. The minimum Gasteiger partial charge on any atom is -0.381 e. The predicted octanol–water partition coefficient (Wildman–Crippen LogP) is 3.49. The predicted molar refractivity (Wildman–Crippen MR) is 84.8 cm³/mol. The first-order valence-corrected chi connectivity index (χ1v) is 8.01. The quantitative estimate of drug-likeness (QED) is 0.888. The van der Waals surface area contributed by atoms with Crippen molar-refractivity contribution >= 4 is 6.03 Å². The topological polar surface area (TPSA) is 41.6 Å². The molecule has 0 aromatic heterocycles. The molecule has 24 heavy (non-hydrogen) atoms. The molecule has 1 aromatic rings. The van der Waals surface area contributed by atoms with Gasteiger partial charge in [-0.15, -0.1) is 0 Å². The van der Waals surface area contributed by atoms with Gasteiger partial charge in [0.2, 0.25) is 0 Å². The Morgan fingerprint density at radius 1 is 1.46 bits per heavy atom. The largest absolute Gasteiger partial charge is 0.416 e. The molecule has 0 bridgehead atoms. The second kappa shape index (κ2) is 7.88. The Balaban J connectivity index is 1.85. The third kappa shape index (κ3) is 5.12. The summed E-state index contributed by atoms with van der Waals surface area (Å²) in [5.41, 5.74) is -0.117. The van der Waals surface area contributed by atoms with E-state index in [0.717, 1.165) is 25.2 Å². The highest BCUT2D eigenvalue weighted by atomic mass is 19.4. The molecule has 1 fully saturated rings. The zero-order valence-corrected chi connectivity index (χ0v) is 13.9.